The number of amides is 2. The van der Waals surface area contributed by atoms with E-state index in [-0.39, 0.29) is 11.8 Å². The molecule has 0 spiro atoms. The summed E-state index contributed by atoms with van der Waals surface area (Å²) in [5, 5.41) is 0. The van der Waals surface area contributed by atoms with E-state index in [0.717, 1.165) is 26.7 Å². The number of hydrogen-bond acceptors (Lipinski definition) is 7. The topological polar surface area (TPSA) is 59.1 Å². The van der Waals surface area contributed by atoms with Crippen molar-refractivity contribution in [3.63, 3.8) is 0 Å². The van der Waals surface area contributed by atoms with Crippen LogP contribution in [0.5, 0.6) is 11.5 Å². The number of rotatable bonds is 7. The molecule has 0 bridgehead atoms. The summed E-state index contributed by atoms with van der Waals surface area (Å²) in [6.07, 6.45) is 2.59. The van der Waals surface area contributed by atoms with Crippen LogP contribution in [0.1, 0.15) is 18.4 Å². The van der Waals surface area contributed by atoms with Crippen LogP contribution in [0.25, 0.3) is 6.08 Å². The summed E-state index contributed by atoms with van der Waals surface area (Å²) in [4.78, 5) is 32.5. The smallest absolute Gasteiger partial charge is 0.266 e. The third-order valence-electron chi connectivity index (χ3n) is 6.03. The third kappa shape index (κ3) is 5.12. The molecular formula is C28H24N2O4S3. The Bertz CT molecular complexity index is 1380. The highest BCUT2D eigenvalue weighted by Crippen LogP contribution is 2.48. The number of anilines is 2. The second-order valence-electron chi connectivity index (χ2n) is 8.32. The van der Waals surface area contributed by atoms with Crippen molar-refractivity contribution in [3.8, 4) is 11.5 Å². The second kappa shape index (κ2) is 11.0. The van der Waals surface area contributed by atoms with Crippen molar-refractivity contribution in [1.29, 1.82) is 0 Å². The summed E-state index contributed by atoms with van der Waals surface area (Å²) in [6, 6.07) is 21.3. The van der Waals surface area contributed by atoms with Crippen LogP contribution in [-0.4, -0.2) is 41.8 Å². The molecule has 1 fully saturated rings. The van der Waals surface area contributed by atoms with Crippen LogP contribution in [0.4, 0.5) is 11.4 Å². The zero-order valence-electron chi connectivity index (χ0n) is 20.3. The second-order valence-corrected chi connectivity index (χ2v) is 11.1. The first-order valence-corrected chi connectivity index (χ1v) is 13.7. The molecule has 0 radical (unpaired) electrons. The van der Waals surface area contributed by atoms with E-state index in [1.807, 2.05) is 60.7 Å². The summed E-state index contributed by atoms with van der Waals surface area (Å²) in [7, 11) is 3.15. The van der Waals surface area contributed by atoms with Gasteiger partial charge in [0.15, 0.2) is 11.5 Å². The van der Waals surface area contributed by atoms with Crippen LogP contribution in [0.3, 0.4) is 0 Å². The molecule has 0 aliphatic carbocycles. The van der Waals surface area contributed by atoms with Crippen LogP contribution >= 0.6 is 35.7 Å². The van der Waals surface area contributed by atoms with Gasteiger partial charge in [0.1, 0.15) is 4.32 Å². The van der Waals surface area contributed by atoms with Crippen molar-refractivity contribution in [2.75, 3.05) is 25.7 Å². The van der Waals surface area contributed by atoms with E-state index in [9.17, 15) is 9.59 Å². The van der Waals surface area contributed by atoms with Gasteiger partial charge in [0.05, 0.1) is 30.5 Å². The Kier molecular flexibility index (Phi) is 7.55. The highest BCUT2D eigenvalue weighted by molar-refractivity contribution is 8.26. The largest absolute Gasteiger partial charge is 0.493 e. The highest BCUT2D eigenvalue weighted by atomic mass is 32.2. The summed E-state index contributed by atoms with van der Waals surface area (Å²) in [6.45, 7) is 0.381. The van der Waals surface area contributed by atoms with Gasteiger partial charge >= 0.3 is 0 Å². The minimum atomic E-state index is -0.151. The number of ether oxygens (including phenoxy) is 2. The van der Waals surface area contributed by atoms with Gasteiger partial charge in [-0.1, -0.05) is 66.1 Å². The number of benzene rings is 3. The van der Waals surface area contributed by atoms with Crippen LogP contribution in [-0.2, 0) is 9.59 Å². The minimum absolute atomic E-state index is 0.00786. The molecule has 2 aliphatic heterocycles. The van der Waals surface area contributed by atoms with Gasteiger partial charge in [-0.3, -0.25) is 19.4 Å². The molecule has 37 heavy (non-hydrogen) atoms. The SMILES string of the molecule is COc1ccc(/C=C2\SC(=S)N(CCCC(=O)N3c4ccccc4Sc4ccccc43)C2=O)cc1OC. The molecule has 0 atom stereocenters. The number of thiocarbonyl (C=S) groups is 1. The van der Waals surface area contributed by atoms with Crippen molar-refractivity contribution in [3.05, 3.63) is 77.2 Å². The number of carbonyl (C=O) groups is 2. The molecule has 5 rings (SSSR count). The fourth-order valence-corrected chi connectivity index (χ4v) is 6.63. The lowest BCUT2D eigenvalue weighted by molar-refractivity contribution is -0.123. The standard InChI is InChI=1S/C28H24N2O4S3/c1-33-21-14-13-18(16-22(21)34-2)17-25-27(32)29(28(35)37-25)15-7-12-26(31)30-19-8-3-5-10-23(19)36-24-11-6-4-9-20(24)30/h3-6,8-11,13-14,16-17H,7,12,15H2,1-2H3/b25-17-. The van der Waals surface area contributed by atoms with Crippen molar-refractivity contribution in [1.82, 2.24) is 4.90 Å². The predicted octanol–water partition coefficient (Wildman–Crippen LogP) is 6.51. The molecule has 188 valence electrons. The minimum Gasteiger partial charge on any atom is -0.493 e. The van der Waals surface area contributed by atoms with E-state index >= 15 is 0 Å². The molecule has 1 saturated heterocycles. The van der Waals surface area contributed by atoms with Crippen LogP contribution in [0.15, 0.2) is 81.4 Å². The molecule has 3 aromatic rings. The van der Waals surface area contributed by atoms with Gasteiger partial charge in [-0.05, 0) is 54.5 Å². The van der Waals surface area contributed by atoms with Gasteiger partial charge in [-0.2, -0.15) is 0 Å². The highest BCUT2D eigenvalue weighted by Gasteiger charge is 2.32. The first-order chi connectivity index (χ1) is 18.0. The monoisotopic (exact) mass is 548 g/mol. The molecule has 9 heteroatoms. The quantitative estimate of drug-likeness (QED) is 0.246. The van der Waals surface area contributed by atoms with Gasteiger partial charge in [0, 0.05) is 22.8 Å². The summed E-state index contributed by atoms with van der Waals surface area (Å²) in [5.74, 6) is 1.05. The van der Waals surface area contributed by atoms with E-state index in [1.54, 1.807) is 47.9 Å². The first-order valence-electron chi connectivity index (χ1n) is 11.7. The molecular weight excluding hydrogens is 525 g/mol. The van der Waals surface area contributed by atoms with Gasteiger partial charge in [0.25, 0.3) is 5.91 Å². The number of fused-ring (bicyclic) bond motifs is 2. The number of nitrogens with zero attached hydrogens (tertiary/aromatic N) is 2. The first kappa shape index (κ1) is 25.4. The lowest BCUT2D eigenvalue weighted by atomic mass is 10.1. The number of para-hydroxylation sites is 2. The average molecular weight is 549 g/mol. The van der Waals surface area contributed by atoms with E-state index in [2.05, 4.69) is 0 Å². The lowest BCUT2D eigenvalue weighted by Gasteiger charge is -2.31. The Hall–Kier alpha value is -3.27. The zero-order valence-corrected chi connectivity index (χ0v) is 22.8. The number of methoxy groups -OCH3 is 2. The maximum absolute atomic E-state index is 13.4. The van der Waals surface area contributed by atoms with E-state index < -0.39 is 0 Å². The summed E-state index contributed by atoms with van der Waals surface area (Å²) in [5.41, 5.74) is 2.59. The zero-order chi connectivity index (χ0) is 25.9. The van der Waals surface area contributed by atoms with Gasteiger partial charge < -0.3 is 9.47 Å². The number of hydrogen-bond donors (Lipinski definition) is 0. The van der Waals surface area contributed by atoms with Crippen LogP contribution in [0.2, 0.25) is 0 Å². The molecule has 0 N–H and O–H groups in total. The van der Waals surface area contributed by atoms with Gasteiger partial charge in [0.2, 0.25) is 5.91 Å². The Balaban J connectivity index is 1.27. The number of thioether (sulfide) groups is 1. The normalized spacial score (nSPS) is 15.6. The van der Waals surface area contributed by atoms with Crippen LogP contribution in [0, 0.1) is 0 Å². The van der Waals surface area contributed by atoms with Gasteiger partial charge in [-0.25, -0.2) is 0 Å². The molecule has 0 aromatic heterocycles. The molecule has 0 unspecified atom stereocenters. The van der Waals surface area contributed by atoms with E-state index in [0.29, 0.717) is 40.1 Å². The summed E-state index contributed by atoms with van der Waals surface area (Å²) < 4.78 is 11.1. The van der Waals surface area contributed by atoms with Crippen molar-refractivity contribution < 1.29 is 19.1 Å². The molecule has 2 aliphatic rings. The summed E-state index contributed by atoms with van der Waals surface area (Å²) >= 11 is 8.42. The maximum Gasteiger partial charge on any atom is 0.266 e. The van der Waals surface area contributed by atoms with Crippen molar-refractivity contribution in [2.45, 2.75) is 22.6 Å². The van der Waals surface area contributed by atoms with Crippen molar-refractivity contribution in [2.24, 2.45) is 0 Å². The van der Waals surface area contributed by atoms with Crippen LogP contribution < -0.4 is 14.4 Å². The Morgan fingerprint density at radius 2 is 1.57 bits per heavy atom. The number of carbonyl (C=O) groups excluding carboxylic acids is 2. The lowest BCUT2D eigenvalue weighted by Crippen LogP contribution is -2.32. The van der Waals surface area contributed by atoms with E-state index in [1.165, 1.54) is 11.8 Å². The fourth-order valence-electron chi connectivity index (χ4n) is 4.26. The molecule has 6 nitrogen and oxygen atoms in total. The Labute approximate surface area is 229 Å². The third-order valence-corrected chi connectivity index (χ3v) is 8.54. The van der Waals surface area contributed by atoms with Gasteiger partial charge in [-0.15, -0.1) is 0 Å². The van der Waals surface area contributed by atoms with Crippen molar-refractivity contribution >= 4 is 69.3 Å². The molecule has 2 heterocycles. The molecule has 0 saturated carbocycles. The Morgan fingerprint density at radius 3 is 2.22 bits per heavy atom. The predicted molar refractivity (Wildman–Crippen MR) is 153 cm³/mol. The van der Waals surface area contributed by atoms with E-state index in [4.69, 9.17) is 21.7 Å². The maximum atomic E-state index is 13.4. The molecule has 2 amide bonds. The fraction of sp³-hybridized carbons (Fsp3) is 0.179. The Morgan fingerprint density at radius 1 is 0.919 bits per heavy atom. The average Bonchev–Trinajstić information content (AvgIpc) is 3.18. The molecule has 3 aromatic carbocycles.